The summed E-state index contributed by atoms with van der Waals surface area (Å²) in [6.45, 7) is 0. The second-order valence-electron chi connectivity index (χ2n) is 7.18. The Morgan fingerprint density at radius 3 is 1.88 bits per heavy atom. The molecule has 1 aromatic heterocycles. The lowest BCUT2D eigenvalue weighted by Crippen LogP contribution is -2.16. The summed E-state index contributed by atoms with van der Waals surface area (Å²) in [5.41, 5.74) is 2.77. The third-order valence-corrected chi connectivity index (χ3v) is 6.36. The van der Waals surface area contributed by atoms with Gasteiger partial charge in [-0.3, -0.25) is 0 Å². The standard InChI is InChI=1S/C25H18N4O2S/c30-32(31,22-16-15-18-9-7-8-14-21(18)17-22)29-25-26-23(19-10-3-1-4-11-19)24(27-28-25)20-12-5-2-6-13-20/h1-17H,(H,26,28,29). The van der Waals surface area contributed by atoms with E-state index in [4.69, 9.17) is 0 Å². The summed E-state index contributed by atoms with van der Waals surface area (Å²) >= 11 is 0. The van der Waals surface area contributed by atoms with Crippen molar-refractivity contribution in [3.8, 4) is 22.5 Å². The van der Waals surface area contributed by atoms with Crippen LogP contribution in [0.1, 0.15) is 0 Å². The molecule has 1 heterocycles. The van der Waals surface area contributed by atoms with Crippen LogP contribution in [0.4, 0.5) is 5.95 Å². The zero-order valence-corrected chi connectivity index (χ0v) is 17.7. The lowest BCUT2D eigenvalue weighted by atomic mass is 10.0. The van der Waals surface area contributed by atoms with E-state index < -0.39 is 10.0 Å². The molecule has 5 aromatic rings. The Balaban J connectivity index is 1.56. The zero-order valence-electron chi connectivity index (χ0n) is 16.9. The van der Waals surface area contributed by atoms with Gasteiger partial charge in [-0.05, 0) is 22.9 Å². The second-order valence-corrected chi connectivity index (χ2v) is 8.86. The van der Waals surface area contributed by atoms with Crippen molar-refractivity contribution >= 4 is 26.7 Å². The molecule has 0 fully saturated rings. The number of fused-ring (bicyclic) bond motifs is 1. The van der Waals surface area contributed by atoms with Crippen molar-refractivity contribution in [2.24, 2.45) is 0 Å². The average Bonchev–Trinajstić information content (AvgIpc) is 2.84. The molecule has 4 aromatic carbocycles. The highest BCUT2D eigenvalue weighted by Gasteiger charge is 2.19. The number of hydrogen-bond donors (Lipinski definition) is 1. The first kappa shape index (κ1) is 19.8. The van der Waals surface area contributed by atoms with Crippen LogP contribution in [-0.4, -0.2) is 23.6 Å². The van der Waals surface area contributed by atoms with Crippen LogP contribution in [0.3, 0.4) is 0 Å². The van der Waals surface area contributed by atoms with Gasteiger partial charge in [-0.2, -0.15) is 0 Å². The molecule has 0 saturated heterocycles. The van der Waals surface area contributed by atoms with Gasteiger partial charge in [-0.25, -0.2) is 18.1 Å². The molecule has 0 bridgehead atoms. The molecule has 32 heavy (non-hydrogen) atoms. The van der Waals surface area contributed by atoms with E-state index >= 15 is 0 Å². The van der Waals surface area contributed by atoms with E-state index in [1.807, 2.05) is 84.9 Å². The molecular formula is C25H18N4O2S. The first-order valence-electron chi connectivity index (χ1n) is 9.97. The van der Waals surface area contributed by atoms with Crippen LogP contribution >= 0.6 is 0 Å². The maximum Gasteiger partial charge on any atom is 0.264 e. The molecule has 0 aliphatic rings. The van der Waals surface area contributed by atoms with Gasteiger partial charge in [0.15, 0.2) is 0 Å². The second kappa shape index (κ2) is 8.20. The number of aromatic nitrogens is 3. The number of sulfonamides is 1. The Bertz CT molecular complexity index is 1510. The maximum atomic E-state index is 13.0. The fourth-order valence-corrected chi connectivity index (χ4v) is 4.44. The molecule has 7 heteroatoms. The summed E-state index contributed by atoms with van der Waals surface area (Å²) in [6.07, 6.45) is 0. The van der Waals surface area contributed by atoms with Crippen molar-refractivity contribution in [2.75, 3.05) is 4.72 Å². The van der Waals surface area contributed by atoms with E-state index in [1.165, 1.54) is 0 Å². The summed E-state index contributed by atoms with van der Waals surface area (Å²) in [5, 5.41) is 10.2. The number of nitrogens with one attached hydrogen (secondary N) is 1. The Morgan fingerprint density at radius 2 is 1.19 bits per heavy atom. The summed E-state index contributed by atoms with van der Waals surface area (Å²) in [4.78, 5) is 4.66. The van der Waals surface area contributed by atoms with Gasteiger partial charge < -0.3 is 0 Å². The van der Waals surface area contributed by atoms with Gasteiger partial charge in [0.1, 0.15) is 11.4 Å². The SMILES string of the molecule is O=S(=O)(Nc1nnc(-c2ccccc2)c(-c2ccccc2)n1)c1ccc2ccccc2c1. The fourth-order valence-electron chi connectivity index (χ4n) is 3.47. The van der Waals surface area contributed by atoms with Gasteiger partial charge in [0.2, 0.25) is 0 Å². The van der Waals surface area contributed by atoms with E-state index in [2.05, 4.69) is 19.9 Å². The van der Waals surface area contributed by atoms with Crippen LogP contribution in [-0.2, 0) is 10.0 Å². The Morgan fingerprint density at radius 1 is 0.594 bits per heavy atom. The minimum atomic E-state index is -3.90. The van der Waals surface area contributed by atoms with Gasteiger partial charge in [-0.1, -0.05) is 91.0 Å². The molecule has 156 valence electrons. The largest absolute Gasteiger partial charge is 0.264 e. The normalized spacial score (nSPS) is 11.4. The van der Waals surface area contributed by atoms with Crippen molar-refractivity contribution in [3.63, 3.8) is 0 Å². The Hall–Kier alpha value is -4.10. The molecule has 0 unspecified atom stereocenters. The van der Waals surface area contributed by atoms with Gasteiger partial charge >= 0.3 is 0 Å². The van der Waals surface area contributed by atoms with Crippen LogP contribution in [0.5, 0.6) is 0 Å². The first-order valence-corrected chi connectivity index (χ1v) is 11.5. The third kappa shape index (κ3) is 3.93. The fraction of sp³-hybridized carbons (Fsp3) is 0. The summed E-state index contributed by atoms with van der Waals surface area (Å²) in [6, 6.07) is 31.6. The van der Waals surface area contributed by atoms with Crippen LogP contribution < -0.4 is 4.72 Å². The van der Waals surface area contributed by atoms with Crippen LogP contribution in [0.2, 0.25) is 0 Å². The molecular weight excluding hydrogens is 420 g/mol. The quantitative estimate of drug-likeness (QED) is 0.410. The highest BCUT2D eigenvalue weighted by Crippen LogP contribution is 2.29. The average molecular weight is 439 g/mol. The topological polar surface area (TPSA) is 84.8 Å². The van der Waals surface area contributed by atoms with E-state index in [0.717, 1.165) is 21.9 Å². The molecule has 0 atom stereocenters. The van der Waals surface area contributed by atoms with Crippen molar-refractivity contribution in [1.29, 1.82) is 0 Å². The predicted octanol–water partition coefficient (Wildman–Crippen LogP) is 5.16. The molecule has 0 saturated carbocycles. The van der Waals surface area contributed by atoms with Crippen LogP contribution in [0.25, 0.3) is 33.3 Å². The zero-order chi connectivity index (χ0) is 22.0. The van der Waals surface area contributed by atoms with Crippen molar-refractivity contribution in [2.45, 2.75) is 4.90 Å². The van der Waals surface area contributed by atoms with E-state index in [0.29, 0.717) is 11.4 Å². The lowest BCUT2D eigenvalue weighted by Gasteiger charge is -2.11. The summed E-state index contributed by atoms with van der Waals surface area (Å²) in [7, 11) is -3.90. The number of hydrogen-bond acceptors (Lipinski definition) is 5. The minimum Gasteiger partial charge on any atom is -0.246 e. The summed E-state index contributed by atoms with van der Waals surface area (Å²) in [5.74, 6) is -0.0864. The van der Waals surface area contributed by atoms with Crippen molar-refractivity contribution < 1.29 is 8.42 Å². The van der Waals surface area contributed by atoms with Gasteiger partial charge in [0.05, 0.1) is 4.90 Å². The third-order valence-electron chi connectivity index (χ3n) is 5.04. The maximum absolute atomic E-state index is 13.0. The smallest absolute Gasteiger partial charge is 0.246 e. The van der Waals surface area contributed by atoms with Crippen LogP contribution in [0.15, 0.2) is 108 Å². The molecule has 6 nitrogen and oxygen atoms in total. The highest BCUT2D eigenvalue weighted by atomic mass is 32.2. The number of anilines is 1. The van der Waals surface area contributed by atoms with Crippen LogP contribution in [0, 0.1) is 0 Å². The number of rotatable bonds is 5. The Labute approximate surface area is 185 Å². The van der Waals surface area contributed by atoms with E-state index in [9.17, 15) is 8.42 Å². The molecule has 0 spiro atoms. The predicted molar refractivity (Wildman–Crippen MR) is 125 cm³/mol. The molecule has 0 aliphatic heterocycles. The van der Waals surface area contributed by atoms with E-state index in [1.54, 1.807) is 18.2 Å². The molecule has 1 N–H and O–H groups in total. The van der Waals surface area contributed by atoms with Crippen molar-refractivity contribution in [1.82, 2.24) is 15.2 Å². The monoisotopic (exact) mass is 438 g/mol. The Kier molecular flexibility index (Phi) is 5.09. The molecule has 0 radical (unpaired) electrons. The van der Waals surface area contributed by atoms with Crippen molar-refractivity contribution in [3.05, 3.63) is 103 Å². The lowest BCUT2D eigenvalue weighted by molar-refractivity contribution is 0.601. The van der Waals surface area contributed by atoms with E-state index in [-0.39, 0.29) is 10.8 Å². The number of nitrogens with zero attached hydrogens (tertiary/aromatic N) is 3. The minimum absolute atomic E-state index is 0.0864. The summed E-state index contributed by atoms with van der Waals surface area (Å²) < 4.78 is 28.5. The van der Waals surface area contributed by atoms with Gasteiger partial charge in [-0.15, -0.1) is 10.2 Å². The molecule has 0 amide bonds. The molecule has 5 rings (SSSR count). The first-order chi connectivity index (χ1) is 15.6. The van der Waals surface area contributed by atoms with Gasteiger partial charge in [0.25, 0.3) is 16.0 Å². The molecule has 0 aliphatic carbocycles. The number of benzene rings is 4. The highest BCUT2D eigenvalue weighted by molar-refractivity contribution is 7.92. The van der Waals surface area contributed by atoms with Gasteiger partial charge in [0, 0.05) is 11.1 Å².